The van der Waals surface area contributed by atoms with Crippen molar-refractivity contribution in [3.63, 3.8) is 0 Å². The van der Waals surface area contributed by atoms with Crippen LogP contribution in [0.1, 0.15) is 12.8 Å². The summed E-state index contributed by atoms with van der Waals surface area (Å²) in [5, 5.41) is 15.8. The van der Waals surface area contributed by atoms with E-state index in [0.29, 0.717) is 0 Å². The summed E-state index contributed by atoms with van der Waals surface area (Å²) < 4.78 is 7.83. The number of carboxylic acid groups (broad SMARTS) is 2. The molecule has 0 unspecified atom stereocenters. The Bertz CT molecular complexity index is 114. The first-order valence-electron chi connectivity index (χ1n) is 2.23. The monoisotopic (exact) mass is 264 g/mol. The zero-order valence-electron chi connectivity index (χ0n) is 5.35. The topological polar surface area (TPSA) is 91.7 Å². The fourth-order valence-corrected chi connectivity index (χ4v) is 0.214. The molecule has 0 rings (SSSR count). The van der Waals surface area contributed by atoms with Gasteiger partial charge in [0.15, 0.2) is 12.5 Å². The molecule has 0 aromatic heterocycles. The van der Waals surface area contributed by atoms with Crippen molar-refractivity contribution >= 4 is 24.5 Å². The number of hydrogen-bond donors (Lipinski definition) is 2. The largest absolute Gasteiger partial charge is 0.481 e. The Morgan fingerprint density at radius 1 is 1.00 bits per heavy atom. The fourth-order valence-electron chi connectivity index (χ4n) is 0.214. The van der Waals surface area contributed by atoms with Crippen molar-refractivity contribution in [1.82, 2.24) is 0 Å². The minimum absolute atomic E-state index is 0. The van der Waals surface area contributed by atoms with E-state index >= 15 is 0 Å². The van der Waals surface area contributed by atoms with Gasteiger partial charge in [0.2, 0.25) is 0 Å². The van der Waals surface area contributed by atoms with Crippen molar-refractivity contribution in [2.24, 2.45) is 0 Å². The zero-order chi connectivity index (χ0) is 8.57. The van der Waals surface area contributed by atoms with Crippen LogP contribution < -0.4 is 0 Å². The van der Waals surface area contributed by atoms with Crippen LogP contribution in [0.15, 0.2) is 0 Å². The third-order valence-electron chi connectivity index (χ3n) is 0.553. The third kappa shape index (κ3) is 26.1. The average molecular weight is 262 g/mol. The summed E-state index contributed by atoms with van der Waals surface area (Å²) in [5.41, 5.74) is 0. The minimum Gasteiger partial charge on any atom is -0.481 e. The van der Waals surface area contributed by atoms with E-state index in [-0.39, 0.29) is 33.9 Å². The Balaban J connectivity index is -0.000000196. The van der Waals surface area contributed by atoms with E-state index in [1.165, 1.54) is 0 Å². The van der Waals surface area contributed by atoms with Crippen molar-refractivity contribution in [3.8, 4) is 0 Å². The Morgan fingerprint density at radius 3 is 1.27 bits per heavy atom. The second-order valence-corrected chi connectivity index (χ2v) is 1.29. The van der Waals surface area contributed by atoms with Gasteiger partial charge in [-0.05, 0) is 0 Å². The van der Waals surface area contributed by atoms with Gasteiger partial charge in [-0.15, -0.1) is 0 Å². The van der Waals surface area contributed by atoms with Gasteiger partial charge in [-0.2, -0.15) is 4.21 Å². The van der Waals surface area contributed by atoms with E-state index in [1.807, 2.05) is 0 Å². The van der Waals surface area contributed by atoms with E-state index in [4.69, 9.17) is 14.4 Å². The molecule has 0 aromatic carbocycles. The average Bonchev–Trinajstić information content (AvgIpc) is 1.89. The second-order valence-electron chi connectivity index (χ2n) is 1.29. The normalized spacial score (nSPS) is 6.55. The standard InChI is InChI=1S/C4H6O4.Mo.OS/c5-3(6)1-2-4(7)8;;1-2/h1-2H2,(H,5,6)(H,7,8);;. The Kier molecular flexibility index (Phi) is 19.0. The van der Waals surface area contributed by atoms with Gasteiger partial charge in [-0.25, -0.2) is 0 Å². The molecule has 64 valence electrons. The predicted octanol–water partition coefficient (Wildman–Crippen LogP) is -0.403. The molecule has 0 saturated carbocycles. The van der Waals surface area contributed by atoms with Crippen molar-refractivity contribution in [3.05, 3.63) is 0 Å². The minimum atomic E-state index is -1.08. The summed E-state index contributed by atoms with van der Waals surface area (Å²) in [4.78, 5) is 19.3. The number of carbonyl (C=O) groups is 2. The van der Waals surface area contributed by atoms with Gasteiger partial charge in [0.1, 0.15) is 0 Å². The van der Waals surface area contributed by atoms with Gasteiger partial charge in [0, 0.05) is 21.1 Å². The van der Waals surface area contributed by atoms with Gasteiger partial charge in [0.05, 0.1) is 12.8 Å². The molecule has 0 aliphatic rings. The van der Waals surface area contributed by atoms with Crippen LogP contribution in [0, 0.1) is 0 Å². The van der Waals surface area contributed by atoms with Crippen LogP contribution in [0.25, 0.3) is 0 Å². The Labute approximate surface area is 82.6 Å². The maximum Gasteiger partial charge on any atom is 0.303 e. The van der Waals surface area contributed by atoms with Crippen LogP contribution >= 0.6 is 0 Å². The summed E-state index contributed by atoms with van der Waals surface area (Å²) in [6.07, 6.45) is -0.593. The smallest absolute Gasteiger partial charge is 0.303 e. The first-order chi connectivity index (χ1) is 4.63. The molecular weight excluding hydrogens is 256 g/mol. The molecule has 11 heavy (non-hydrogen) atoms. The van der Waals surface area contributed by atoms with Crippen molar-refractivity contribution < 1.29 is 45.1 Å². The zero-order valence-corrected chi connectivity index (χ0v) is 8.17. The summed E-state index contributed by atoms with van der Waals surface area (Å²) in [6.45, 7) is 0. The Hall–Kier alpha value is -0.352. The molecule has 0 radical (unpaired) electrons. The van der Waals surface area contributed by atoms with Crippen molar-refractivity contribution in [1.29, 1.82) is 0 Å². The SMILES string of the molecule is O=C(O)CCC(=O)O.O=S.[Mo]. The molecule has 0 amide bonds. The van der Waals surface area contributed by atoms with Gasteiger partial charge in [0.25, 0.3) is 0 Å². The second kappa shape index (κ2) is 12.3. The first kappa shape index (κ1) is 16.9. The summed E-state index contributed by atoms with van der Waals surface area (Å²) in [7, 11) is 0. The van der Waals surface area contributed by atoms with E-state index in [1.54, 1.807) is 0 Å². The molecule has 0 saturated heterocycles. The van der Waals surface area contributed by atoms with E-state index in [9.17, 15) is 9.59 Å². The molecule has 0 spiro atoms. The summed E-state index contributed by atoms with van der Waals surface area (Å²) in [6, 6.07) is 0. The predicted molar refractivity (Wildman–Crippen MR) is 32.6 cm³/mol. The molecular formula is C4H6MoO5S. The first-order valence-corrected chi connectivity index (χ1v) is 2.56. The van der Waals surface area contributed by atoms with Crippen LogP contribution in [0.5, 0.6) is 0 Å². The molecule has 0 bridgehead atoms. The third-order valence-corrected chi connectivity index (χ3v) is 0.553. The van der Waals surface area contributed by atoms with Crippen molar-refractivity contribution in [2.75, 3.05) is 0 Å². The molecule has 5 nitrogen and oxygen atoms in total. The number of carboxylic acids is 2. The number of rotatable bonds is 3. The Morgan fingerprint density at radius 2 is 1.18 bits per heavy atom. The van der Waals surface area contributed by atoms with Gasteiger partial charge in [-0.3, -0.25) is 9.59 Å². The number of aliphatic carboxylic acids is 2. The van der Waals surface area contributed by atoms with E-state index in [0.717, 1.165) is 0 Å². The maximum absolute atomic E-state index is 9.64. The molecule has 0 heterocycles. The van der Waals surface area contributed by atoms with Crippen LogP contribution in [-0.2, 0) is 43.2 Å². The molecule has 0 aliphatic heterocycles. The number of hydrogen-bond acceptors (Lipinski definition) is 4. The molecule has 0 aliphatic carbocycles. The van der Waals surface area contributed by atoms with Gasteiger partial charge >= 0.3 is 11.9 Å². The van der Waals surface area contributed by atoms with Crippen LogP contribution in [0.2, 0.25) is 0 Å². The van der Waals surface area contributed by atoms with E-state index < -0.39 is 11.9 Å². The molecule has 2 N–H and O–H groups in total. The molecule has 7 heteroatoms. The van der Waals surface area contributed by atoms with E-state index in [2.05, 4.69) is 12.5 Å². The van der Waals surface area contributed by atoms with Crippen LogP contribution in [-0.4, -0.2) is 26.4 Å². The molecule has 0 aromatic rings. The van der Waals surface area contributed by atoms with Gasteiger partial charge < -0.3 is 10.2 Å². The van der Waals surface area contributed by atoms with Crippen LogP contribution in [0.3, 0.4) is 0 Å². The molecule has 0 fully saturated rings. The maximum atomic E-state index is 9.64. The van der Waals surface area contributed by atoms with Crippen LogP contribution in [0.4, 0.5) is 0 Å². The molecule has 0 atom stereocenters. The fraction of sp³-hybridized carbons (Fsp3) is 0.500. The van der Waals surface area contributed by atoms with Gasteiger partial charge in [-0.1, -0.05) is 0 Å². The summed E-state index contributed by atoms with van der Waals surface area (Å²) >= 11 is 2.83. The van der Waals surface area contributed by atoms with Crippen molar-refractivity contribution in [2.45, 2.75) is 12.8 Å². The summed E-state index contributed by atoms with van der Waals surface area (Å²) in [5.74, 6) is -2.15. The quantitative estimate of drug-likeness (QED) is 0.672.